The predicted octanol–water partition coefficient (Wildman–Crippen LogP) is 6.62. The molecule has 0 bridgehead atoms. The third-order valence-electron chi connectivity index (χ3n) is 4.79. The molecule has 0 radical (unpaired) electrons. The third kappa shape index (κ3) is 9.17. The highest BCUT2D eigenvalue weighted by molar-refractivity contribution is 7.84. The molecule has 7 heteroatoms. The zero-order valence-electron chi connectivity index (χ0n) is 17.5. The Balaban J connectivity index is 5.52. The van der Waals surface area contributed by atoms with E-state index in [0.29, 0.717) is 0 Å². The quantitative estimate of drug-likeness (QED) is 0.268. The first-order valence-corrected chi connectivity index (χ1v) is 16.8. The van der Waals surface area contributed by atoms with Crippen LogP contribution in [0.3, 0.4) is 0 Å². The van der Waals surface area contributed by atoms with E-state index in [1.165, 1.54) is 0 Å². The molecule has 0 N–H and O–H groups in total. The minimum Gasteiger partial charge on any atom is -0.294 e. The zero-order valence-corrected chi connectivity index (χ0v) is 20.3. The summed E-state index contributed by atoms with van der Waals surface area (Å²) in [6.45, 7) is 12.7. The molecule has 0 saturated heterocycles. The van der Waals surface area contributed by atoms with Crippen LogP contribution in [0.5, 0.6) is 0 Å². The second-order valence-corrected chi connectivity index (χ2v) is 17.3. The smallest absolute Gasteiger partial charge is 0.294 e. The van der Waals surface area contributed by atoms with Gasteiger partial charge in [0.15, 0.2) is 0 Å². The highest BCUT2D eigenvalue weighted by Gasteiger charge is 2.43. The van der Waals surface area contributed by atoms with Crippen molar-refractivity contribution in [2.24, 2.45) is 0 Å². The van der Waals surface area contributed by atoms with Crippen molar-refractivity contribution in [2.75, 3.05) is 0 Å². The van der Waals surface area contributed by atoms with E-state index in [1.807, 2.05) is 0 Å². The van der Waals surface area contributed by atoms with Crippen molar-refractivity contribution >= 4 is 27.0 Å². The molecule has 0 spiro atoms. The van der Waals surface area contributed by atoms with E-state index in [-0.39, 0.29) is 0 Å². The van der Waals surface area contributed by atoms with E-state index in [2.05, 4.69) is 41.5 Å². The lowest BCUT2D eigenvalue weighted by Crippen LogP contribution is -2.46. The predicted molar refractivity (Wildman–Crippen MR) is 113 cm³/mol. The van der Waals surface area contributed by atoms with E-state index < -0.39 is 27.0 Å². The van der Waals surface area contributed by atoms with E-state index in [9.17, 15) is 8.42 Å². The molecule has 0 aliphatic rings. The molecule has 0 aliphatic carbocycles. The van der Waals surface area contributed by atoms with Gasteiger partial charge < -0.3 is 0 Å². The Morgan fingerprint density at radius 1 is 0.520 bits per heavy atom. The molecule has 0 aromatic heterocycles. The van der Waals surface area contributed by atoms with Gasteiger partial charge in [0.05, 0.1) is 0 Å². The highest BCUT2D eigenvalue weighted by atomic mass is 32.3. The van der Waals surface area contributed by atoms with Crippen molar-refractivity contribution in [1.82, 2.24) is 0 Å². The van der Waals surface area contributed by atoms with Gasteiger partial charge in [0.2, 0.25) is 16.6 Å². The second-order valence-electron chi connectivity index (χ2n) is 7.44. The van der Waals surface area contributed by atoms with Crippen LogP contribution in [0.25, 0.3) is 0 Å². The van der Waals surface area contributed by atoms with E-state index >= 15 is 0 Å². The molecule has 0 aliphatic heterocycles. The van der Waals surface area contributed by atoms with Gasteiger partial charge in [-0.1, -0.05) is 80.1 Å². The van der Waals surface area contributed by atoms with Crippen LogP contribution < -0.4 is 0 Å². The molecule has 0 unspecified atom stereocenters. The van der Waals surface area contributed by atoms with Gasteiger partial charge >= 0.3 is 10.4 Å². The molecule has 0 aromatic rings. The van der Waals surface area contributed by atoms with Gasteiger partial charge in [0, 0.05) is 0 Å². The summed E-state index contributed by atoms with van der Waals surface area (Å²) in [6.07, 6.45) is 5.85. The molecule has 152 valence electrons. The Morgan fingerprint density at radius 3 is 0.880 bits per heavy atom. The van der Waals surface area contributed by atoms with Crippen LogP contribution >= 0.6 is 0 Å². The normalized spacial score (nSPS) is 13.4. The number of rotatable bonds is 16. The van der Waals surface area contributed by atoms with Crippen LogP contribution in [-0.4, -0.2) is 25.1 Å². The molecule has 4 nitrogen and oxygen atoms in total. The lowest BCUT2D eigenvalue weighted by atomic mass is 10.6. The summed E-state index contributed by atoms with van der Waals surface area (Å²) in [4.78, 5) is 0. The van der Waals surface area contributed by atoms with Gasteiger partial charge in [0.1, 0.15) is 0 Å². The average molecular weight is 411 g/mol. The number of hydrogen-bond acceptors (Lipinski definition) is 4. The first kappa shape index (κ1) is 25.3. The topological polar surface area (TPSA) is 52.6 Å². The van der Waals surface area contributed by atoms with Crippen molar-refractivity contribution in [3.63, 3.8) is 0 Å². The van der Waals surface area contributed by atoms with Gasteiger partial charge in [0.25, 0.3) is 0 Å². The lowest BCUT2D eigenvalue weighted by Gasteiger charge is -2.34. The minimum absolute atomic E-state index is 0.904. The third-order valence-corrected chi connectivity index (χ3v) is 17.7. The fraction of sp³-hybridized carbons (Fsp3) is 1.00. The number of hydrogen-bond donors (Lipinski definition) is 0. The van der Waals surface area contributed by atoms with Gasteiger partial charge in [-0.15, -0.1) is 0 Å². The molecular formula is C18H42O4SSi2. The first-order chi connectivity index (χ1) is 11.8. The van der Waals surface area contributed by atoms with Gasteiger partial charge in [-0.25, -0.2) is 0 Å². The molecule has 0 amide bonds. The summed E-state index contributed by atoms with van der Waals surface area (Å²) in [5.74, 6) is 0. The van der Waals surface area contributed by atoms with Gasteiger partial charge in [-0.2, -0.15) is 8.42 Å². The largest absolute Gasteiger partial charge is 0.380 e. The van der Waals surface area contributed by atoms with Crippen LogP contribution in [-0.2, 0) is 18.1 Å². The first-order valence-electron chi connectivity index (χ1n) is 10.4. The summed E-state index contributed by atoms with van der Waals surface area (Å²) < 4.78 is 37.8. The molecule has 0 heterocycles. The maximum absolute atomic E-state index is 12.9. The molecule has 0 fully saturated rings. The Kier molecular flexibility index (Phi) is 12.8. The van der Waals surface area contributed by atoms with Crippen molar-refractivity contribution in [2.45, 2.75) is 116 Å². The van der Waals surface area contributed by atoms with E-state index in [0.717, 1.165) is 74.8 Å². The lowest BCUT2D eigenvalue weighted by molar-refractivity contribution is 0.373. The van der Waals surface area contributed by atoms with Gasteiger partial charge in [-0.3, -0.25) is 7.74 Å². The highest BCUT2D eigenvalue weighted by Crippen LogP contribution is 2.34. The molecule has 0 aromatic carbocycles. The summed E-state index contributed by atoms with van der Waals surface area (Å²) in [6, 6.07) is 5.42. The fourth-order valence-electron chi connectivity index (χ4n) is 4.18. The fourth-order valence-corrected chi connectivity index (χ4v) is 17.1. The summed E-state index contributed by atoms with van der Waals surface area (Å²) in [5, 5.41) is 0. The van der Waals surface area contributed by atoms with Crippen LogP contribution in [0.1, 0.15) is 80.1 Å². The van der Waals surface area contributed by atoms with Crippen molar-refractivity contribution < 1.29 is 16.2 Å². The molecule has 0 saturated carbocycles. The zero-order chi connectivity index (χ0) is 19.4. The second kappa shape index (κ2) is 12.6. The Bertz CT molecular complexity index is 372. The molecule has 0 rings (SSSR count). The molecule has 0 atom stereocenters. The maximum atomic E-state index is 12.9. The van der Waals surface area contributed by atoms with Crippen molar-refractivity contribution in [1.29, 1.82) is 0 Å². The average Bonchev–Trinajstić information content (AvgIpc) is 2.47. The van der Waals surface area contributed by atoms with Crippen LogP contribution in [0.4, 0.5) is 0 Å². The van der Waals surface area contributed by atoms with E-state index in [4.69, 9.17) is 7.74 Å². The van der Waals surface area contributed by atoms with Gasteiger partial charge in [-0.05, 0) is 36.3 Å². The SMILES string of the molecule is CCC[Si](CCC)(CCC)OS(=O)(=O)O[Si](CCC)(CCC)CCC. The Morgan fingerprint density at radius 2 is 0.720 bits per heavy atom. The Labute approximate surface area is 159 Å². The Hall–Kier alpha value is 0.304. The van der Waals surface area contributed by atoms with Crippen LogP contribution in [0.2, 0.25) is 36.3 Å². The maximum Gasteiger partial charge on any atom is 0.380 e. The molecule has 25 heavy (non-hydrogen) atoms. The molecular weight excluding hydrogens is 368 g/mol. The summed E-state index contributed by atoms with van der Waals surface area (Å²) >= 11 is 0. The summed E-state index contributed by atoms with van der Waals surface area (Å²) in [5.41, 5.74) is 0. The minimum atomic E-state index is -3.91. The van der Waals surface area contributed by atoms with Crippen LogP contribution in [0, 0.1) is 0 Å². The standard InChI is InChI=1S/C18H42O4SSi2/c1-7-13-24(14-8-2,15-9-3)21-23(19,20)22-25(16-10-4,17-11-5)18-12-6/h7-18H2,1-6H3. The van der Waals surface area contributed by atoms with Crippen molar-refractivity contribution in [3.05, 3.63) is 0 Å². The monoisotopic (exact) mass is 410 g/mol. The van der Waals surface area contributed by atoms with Crippen LogP contribution in [0.15, 0.2) is 0 Å². The summed E-state index contributed by atoms with van der Waals surface area (Å²) in [7, 11) is -8.49. The van der Waals surface area contributed by atoms with E-state index in [1.54, 1.807) is 0 Å². The van der Waals surface area contributed by atoms with Crippen molar-refractivity contribution in [3.8, 4) is 0 Å².